The zero-order valence-electron chi connectivity index (χ0n) is 20.1. The van der Waals surface area contributed by atoms with Gasteiger partial charge in [0, 0.05) is 44.3 Å². The van der Waals surface area contributed by atoms with Gasteiger partial charge in [-0.2, -0.15) is 5.26 Å². The molecule has 1 N–H and O–H groups in total. The molecule has 3 fully saturated rings. The number of nitriles is 1. The lowest BCUT2D eigenvalue weighted by molar-refractivity contribution is -0.0798. The normalized spacial score (nSPS) is 25.8. The van der Waals surface area contributed by atoms with Gasteiger partial charge in [-0.05, 0) is 50.5 Å². The molecule has 1 aliphatic carbocycles. The number of likely N-dealkylation sites (tertiary alicyclic amines) is 1. The number of hydrogen-bond acceptors (Lipinski definition) is 6. The molecule has 8 nitrogen and oxygen atoms in total. The maximum atomic E-state index is 13.1. The van der Waals surface area contributed by atoms with Crippen LogP contribution >= 0.6 is 0 Å². The van der Waals surface area contributed by atoms with Crippen molar-refractivity contribution < 1.29 is 4.79 Å². The van der Waals surface area contributed by atoms with E-state index in [1.54, 1.807) is 12.4 Å². The van der Waals surface area contributed by atoms with Gasteiger partial charge >= 0.3 is 6.03 Å². The fraction of sp³-hybridized carbons (Fsp3) is 0.750. The summed E-state index contributed by atoms with van der Waals surface area (Å²) >= 11 is 0. The molecule has 32 heavy (non-hydrogen) atoms. The minimum absolute atomic E-state index is 0.0501. The van der Waals surface area contributed by atoms with E-state index in [0.717, 1.165) is 12.8 Å². The van der Waals surface area contributed by atoms with Crippen LogP contribution < -0.4 is 10.2 Å². The third kappa shape index (κ3) is 4.83. The minimum Gasteiger partial charge on any atom is -0.337 e. The Morgan fingerprint density at radius 2 is 1.78 bits per heavy atom. The van der Waals surface area contributed by atoms with E-state index >= 15 is 0 Å². The highest BCUT2D eigenvalue weighted by atomic mass is 16.2. The Labute approximate surface area is 192 Å². The van der Waals surface area contributed by atoms with Crippen LogP contribution in [0.3, 0.4) is 0 Å². The summed E-state index contributed by atoms with van der Waals surface area (Å²) in [5, 5.41) is 12.2. The topological polar surface area (TPSA) is 88.4 Å². The average molecular weight is 440 g/mol. The predicted molar refractivity (Wildman–Crippen MR) is 124 cm³/mol. The van der Waals surface area contributed by atoms with Crippen LogP contribution in [-0.2, 0) is 0 Å². The smallest absolute Gasteiger partial charge is 0.318 e. The Balaban J connectivity index is 1.23. The van der Waals surface area contributed by atoms with E-state index in [0.29, 0.717) is 41.5 Å². The molecule has 2 amide bonds. The van der Waals surface area contributed by atoms with Gasteiger partial charge < -0.3 is 20.0 Å². The molecule has 0 bridgehead atoms. The number of hydrogen-bond donors (Lipinski definition) is 1. The second kappa shape index (κ2) is 8.51. The number of carbonyl (C=O) groups is 1. The highest BCUT2D eigenvalue weighted by Crippen LogP contribution is 2.48. The number of nitrogens with one attached hydrogen (secondary N) is 1. The van der Waals surface area contributed by atoms with E-state index in [-0.39, 0.29) is 18.1 Å². The number of nitrogens with zero attached hydrogens (tertiary/aromatic N) is 6. The number of urea groups is 1. The first-order valence-electron chi connectivity index (χ1n) is 11.9. The Bertz CT molecular complexity index is 846. The van der Waals surface area contributed by atoms with Crippen molar-refractivity contribution in [1.29, 1.82) is 5.26 Å². The fourth-order valence-electron chi connectivity index (χ4n) is 5.58. The lowest BCUT2D eigenvalue weighted by Gasteiger charge is -2.60. The summed E-state index contributed by atoms with van der Waals surface area (Å²) in [5.41, 5.74) is 1.29. The summed E-state index contributed by atoms with van der Waals surface area (Å²) in [6.07, 6.45) is 6.54. The van der Waals surface area contributed by atoms with E-state index in [1.165, 1.54) is 26.1 Å². The van der Waals surface area contributed by atoms with Gasteiger partial charge in [0.2, 0.25) is 5.95 Å². The van der Waals surface area contributed by atoms with Gasteiger partial charge in [-0.3, -0.25) is 0 Å². The summed E-state index contributed by atoms with van der Waals surface area (Å²) in [5.74, 6) is 0.615. The molecule has 1 aromatic heterocycles. The Morgan fingerprint density at radius 1 is 1.19 bits per heavy atom. The third-order valence-electron chi connectivity index (χ3n) is 7.19. The van der Waals surface area contributed by atoms with Crippen LogP contribution in [0, 0.1) is 22.2 Å². The van der Waals surface area contributed by atoms with Gasteiger partial charge in [-0.25, -0.2) is 14.8 Å². The van der Waals surface area contributed by atoms with Crippen LogP contribution in [-0.4, -0.2) is 76.6 Å². The molecule has 1 aromatic rings. The molecule has 0 aromatic carbocycles. The van der Waals surface area contributed by atoms with Crippen LogP contribution in [0.2, 0.25) is 0 Å². The molecule has 3 heterocycles. The highest BCUT2D eigenvalue weighted by Gasteiger charge is 2.52. The number of anilines is 1. The molecule has 2 aliphatic heterocycles. The van der Waals surface area contributed by atoms with Gasteiger partial charge in [0.25, 0.3) is 0 Å². The molecule has 174 valence electrons. The number of piperazine rings is 1. The van der Waals surface area contributed by atoms with Gasteiger partial charge in [0.15, 0.2) is 0 Å². The molecule has 0 unspecified atom stereocenters. The lowest BCUT2D eigenvalue weighted by atomic mass is 9.60. The number of amides is 2. The molecule has 8 heteroatoms. The molecular formula is C24H37N7O. The SMILES string of the molecule is C[C@@H]1CN(c2ncc(C#N)cn2)C[C@H](C)N1C(=O)NC1CC2(C1)CN(CCC(C)(C)C)C2. The monoisotopic (exact) mass is 439 g/mol. The second-order valence-electron chi connectivity index (χ2n) is 11.5. The summed E-state index contributed by atoms with van der Waals surface area (Å²) in [6, 6.07) is 2.51. The van der Waals surface area contributed by atoms with Crippen molar-refractivity contribution in [3.63, 3.8) is 0 Å². The molecule has 2 saturated heterocycles. The highest BCUT2D eigenvalue weighted by molar-refractivity contribution is 5.76. The van der Waals surface area contributed by atoms with E-state index in [4.69, 9.17) is 5.26 Å². The van der Waals surface area contributed by atoms with Crippen LogP contribution in [0.15, 0.2) is 12.4 Å². The van der Waals surface area contributed by atoms with Gasteiger partial charge in [-0.1, -0.05) is 20.8 Å². The lowest BCUT2D eigenvalue weighted by Crippen LogP contribution is -2.68. The first kappa shape index (κ1) is 22.8. The number of aromatic nitrogens is 2. The van der Waals surface area contributed by atoms with Crippen LogP contribution in [0.5, 0.6) is 0 Å². The van der Waals surface area contributed by atoms with Crippen molar-refractivity contribution in [3.05, 3.63) is 18.0 Å². The van der Waals surface area contributed by atoms with Crippen molar-refractivity contribution >= 4 is 12.0 Å². The Morgan fingerprint density at radius 3 is 2.31 bits per heavy atom. The third-order valence-corrected chi connectivity index (χ3v) is 7.19. The van der Waals surface area contributed by atoms with Crippen LogP contribution in [0.1, 0.15) is 59.4 Å². The van der Waals surface area contributed by atoms with Crippen molar-refractivity contribution in [3.8, 4) is 6.07 Å². The zero-order valence-corrected chi connectivity index (χ0v) is 20.1. The second-order valence-corrected chi connectivity index (χ2v) is 11.5. The van der Waals surface area contributed by atoms with E-state index < -0.39 is 0 Å². The molecule has 0 radical (unpaired) electrons. The fourth-order valence-corrected chi connectivity index (χ4v) is 5.58. The summed E-state index contributed by atoms with van der Waals surface area (Å²) in [6.45, 7) is 16.0. The number of rotatable bonds is 4. The maximum absolute atomic E-state index is 13.1. The minimum atomic E-state index is 0.0501. The Kier molecular flexibility index (Phi) is 6.06. The van der Waals surface area contributed by atoms with E-state index in [9.17, 15) is 4.79 Å². The van der Waals surface area contributed by atoms with E-state index in [1.807, 2.05) is 11.0 Å². The quantitative estimate of drug-likeness (QED) is 0.776. The van der Waals surface area contributed by atoms with Gasteiger partial charge in [-0.15, -0.1) is 0 Å². The maximum Gasteiger partial charge on any atom is 0.318 e. The first-order valence-corrected chi connectivity index (χ1v) is 11.9. The molecule has 2 atom stereocenters. The van der Waals surface area contributed by atoms with Crippen molar-refractivity contribution in [2.45, 2.75) is 72.0 Å². The molecule has 3 aliphatic rings. The number of carbonyl (C=O) groups excluding carboxylic acids is 1. The van der Waals surface area contributed by atoms with Crippen molar-refractivity contribution in [2.24, 2.45) is 10.8 Å². The molecule has 1 spiro atoms. The largest absolute Gasteiger partial charge is 0.337 e. The molecule has 1 saturated carbocycles. The van der Waals surface area contributed by atoms with Crippen LogP contribution in [0.4, 0.5) is 10.7 Å². The van der Waals surface area contributed by atoms with Gasteiger partial charge in [0.05, 0.1) is 18.0 Å². The summed E-state index contributed by atoms with van der Waals surface area (Å²) in [7, 11) is 0. The van der Waals surface area contributed by atoms with Gasteiger partial charge in [0.1, 0.15) is 6.07 Å². The first-order chi connectivity index (χ1) is 15.1. The zero-order chi connectivity index (χ0) is 23.1. The summed E-state index contributed by atoms with van der Waals surface area (Å²) in [4.78, 5) is 28.3. The standard InChI is InChI=1S/C24H37N7O/c1-17-13-30(21-26-11-19(10-25)12-27-21)14-18(2)31(17)22(32)28-20-8-24(9-20)15-29(16-24)7-6-23(3,4)5/h11-12,17-18,20H,6-9,13-16H2,1-5H3,(H,28,32)/t17-,18+. The Hall–Kier alpha value is -2.40. The van der Waals surface area contributed by atoms with Crippen molar-refractivity contribution in [1.82, 2.24) is 25.1 Å². The van der Waals surface area contributed by atoms with Crippen molar-refractivity contribution in [2.75, 3.05) is 37.6 Å². The van der Waals surface area contributed by atoms with E-state index in [2.05, 4.69) is 59.7 Å². The van der Waals surface area contributed by atoms with Crippen LogP contribution in [0.25, 0.3) is 0 Å². The molecular weight excluding hydrogens is 402 g/mol. The summed E-state index contributed by atoms with van der Waals surface area (Å²) < 4.78 is 0. The molecule has 4 rings (SSSR count). The average Bonchev–Trinajstić information content (AvgIpc) is 2.66. The predicted octanol–water partition coefficient (Wildman–Crippen LogP) is 2.86.